The molecule has 3 aromatic rings. The molecular formula is C11H6N6O. The Bertz CT molecular complexity index is 822. The summed E-state index contributed by atoms with van der Waals surface area (Å²) in [5.41, 5.74) is 3.30. The van der Waals surface area contributed by atoms with Crippen LogP contribution in [0.1, 0.15) is 21.6 Å². The number of hydrogen-bond donors (Lipinski definition) is 0. The van der Waals surface area contributed by atoms with Crippen LogP contribution in [0.25, 0.3) is 17.0 Å². The minimum Gasteiger partial charge on any atom is -0.287 e. The van der Waals surface area contributed by atoms with Gasteiger partial charge in [0.1, 0.15) is 5.69 Å². The van der Waals surface area contributed by atoms with Crippen LogP contribution in [-0.4, -0.2) is 36.0 Å². The van der Waals surface area contributed by atoms with Gasteiger partial charge in [-0.1, -0.05) is 27.4 Å². The first-order valence-corrected chi connectivity index (χ1v) is 5.36. The zero-order valence-electron chi connectivity index (χ0n) is 9.32. The van der Waals surface area contributed by atoms with Crippen molar-refractivity contribution in [2.24, 2.45) is 0 Å². The van der Waals surface area contributed by atoms with Crippen molar-refractivity contribution in [3.8, 4) is 11.3 Å². The molecule has 1 aliphatic rings. The fraction of sp³-hybridized carbons (Fsp3) is 0.0909. The average Bonchev–Trinajstić information content (AvgIpc) is 2.92. The summed E-state index contributed by atoms with van der Waals surface area (Å²) in [6.45, 7) is 1.94. The number of nitrogens with zero attached hydrogens (tertiary/aromatic N) is 6. The van der Waals surface area contributed by atoms with Gasteiger partial charge in [0.2, 0.25) is 5.78 Å². The third-order valence-corrected chi connectivity index (χ3v) is 2.96. The molecule has 0 aliphatic heterocycles. The third-order valence-electron chi connectivity index (χ3n) is 2.96. The Labute approximate surface area is 100 Å². The van der Waals surface area contributed by atoms with Gasteiger partial charge < -0.3 is 0 Å². The van der Waals surface area contributed by atoms with Crippen molar-refractivity contribution >= 4 is 11.6 Å². The maximum atomic E-state index is 12.2. The molecule has 7 nitrogen and oxygen atoms in total. The summed E-state index contributed by atoms with van der Waals surface area (Å²) in [4.78, 5) is 16.5. The molecule has 1 aromatic carbocycles. The second-order valence-electron chi connectivity index (χ2n) is 4.16. The predicted octanol–water partition coefficient (Wildman–Crippen LogP) is 0.434. The molecule has 7 heteroatoms. The van der Waals surface area contributed by atoms with Crippen LogP contribution in [-0.2, 0) is 0 Å². The number of carbonyl (C=O) groups excluding carboxylic acids is 1. The maximum Gasteiger partial charge on any atom is 0.291 e. The van der Waals surface area contributed by atoms with E-state index in [1.165, 1.54) is 0 Å². The number of benzene rings is 1. The zero-order chi connectivity index (χ0) is 12.3. The molecule has 0 fully saturated rings. The Kier molecular flexibility index (Phi) is 1.53. The van der Waals surface area contributed by atoms with E-state index in [0.717, 1.165) is 15.8 Å². The van der Waals surface area contributed by atoms with E-state index in [1.54, 1.807) is 0 Å². The summed E-state index contributed by atoms with van der Waals surface area (Å²) in [7, 11) is 0. The number of rotatable bonds is 0. The van der Waals surface area contributed by atoms with Crippen molar-refractivity contribution in [2.45, 2.75) is 6.92 Å². The minimum atomic E-state index is -0.131. The molecule has 0 N–H and O–H groups in total. The number of hydrogen-bond acceptors (Lipinski definition) is 6. The highest BCUT2D eigenvalue weighted by molar-refractivity contribution is 6.19. The van der Waals surface area contributed by atoms with Crippen LogP contribution in [0.2, 0.25) is 0 Å². The van der Waals surface area contributed by atoms with Gasteiger partial charge in [-0.15, -0.1) is 5.10 Å². The maximum absolute atomic E-state index is 12.2. The molecule has 2 heterocycles. The summed E-state index contributed by atoms with van der Waals surface area (Å²) in [6.07, 6.45) is 0. The van der Waals surface area contributed by atoms with E-state index in [9.17, 15) is 4.79 Å². The summed E-state index contributed by atoms with van der Waals surface area (Å²) in [5, 5.41) is 14.9. The van der Waals surface area contributed by atoms with Crippen molar-refractivity contribution in [2.75, 3.05) is 0 Å². The molecule has 0 spiro atoms. The molecule has 0 amide bonds. The van der Waals surface area contributed by atoms with E-state index in [1.807, 2.05) is 25.1 Å². The number of ketones is 1. The summed E-state index contributed by atoms with van der Waals surface area (Å²) < 4.78 is 1.16. The van der Waals surface area contributed by atoms with Crippen LogP contribution in [0.5, 0.6) is 0 Å². The smallest absolute Gasteiger partial charge is 0.287 e. The first-order valence-electron chi connectivity index (χ1n) is 5.36. The quantitative estimate of drug-likeness (QED) is 0.441. The van der Waals surface area contributed by atoms with Gasteiger partial charge in [0.15, 0.2) is 5.69 Å². The highest BCUT2D eigenvalue weighted by Gasteiger charge is 2.31. The largest absolute Gasteiger partial charge is 0.291 e. The van der Waals surface area contributed by atoms with Gasteiger partial charge in [-0.2, -0.15) is 0 Å². The normalized spacial score (nSPS) is 12.8. The number of aryl methyl sites for hydroxylation is 1. The summed E-state index contributed by atoms with van der Waals surface area (Å²) in [5.74, 6) is 0.156. The number of tetrazole rings is 1. The fourth-order valence-corrected chi connectivity index (χ4v) is 2.13. The molecular weight excluding hydrogens is 232 g/mol. The Morgan fingerprint density at radius 3 is 2.94 bits per heavy atom. The lowest BCUT2D eigenvalue weighted by Crippen LogP contribution is -2.06. The lowest BCUT2D eigenvalue weighted by Gasteiger charge is -1.98. The van der Waals surface area contributed by atoms with E-state index in [0.29, 0.717) is 17.0 Å². The van der Waals surface area contributed by atoms with Gasteiger partial charge in [-0.25, -0.2) is 4.98 Å². The van der Waals surface area contributed by atoms with Gasteiger partial charge in [-0.3, -0.25) is 4.79 Å². The Hall–Kier alpha value is -2.70. The van der Waals surface area contributed by atoms with Crippen LogP contribution >= 0.6 is 0 Å². The molecule has 86 valence electrons. The monoisotopic (exact) mass is 238 g/mol. The van der Waals surface area contributed by atoms with E-state index >= 15 is 0 Å². The van der Waals surface area contributed by atoms with E-state index in [2.05, 4.69) is 25.6 Å². The molecule has 1 aliphatic carbocycles. The zero-order valence-corrected chi connectivity index (χ0v) is 9.32. The Balaban J connectivity index is 2.12. The van der Waals surface area contributed by atoms with Crippen molar-refractivity contribution in [3.05, 3.63) is 35.0 Å². The highest BCUT2D eigenvalue weighted by Crippen LogP contribution is 2.34. The molecule has 0 saturated carbocycles. The van der Waals surface area contributed by atoms with Gasteiger partial charge in [0.05, 0.1) is 0 Å². The summed E-state index contributed by atoms with van der Waals surface area (Å²) >= 11 is 0. The van der Waals surface area contributed by atoms with Gasteiger partial charge >= 0.3 is 0 Å². The van der Waals surface area contributed by atoms with Gasteiger partial charge in [0, 0.05) is 11.1 Å². The summed E-state index contributed by atoms with van der Waals surface area (Å²) in [6, 6.07) is 5.66. The lowest BCUT2D eigenvalue weighted by atomic mass is 10.1. The van der Waals surface area contributed by atoms with E-state index in [-0.39, 0.29) is 11.6 Å². The van der Waals surface area contributed by atoms with Gasteiger partial charge in [-0.05, 0) is 23.4 Å². The fourth-order valence-electron chi connectivity index (χ4n) is 2.13. The van der Waals surface area contributed by atoms with Crippen LogP contribution in [0.4, 0.5) is 0 Å². The Morgan fingerprint density at radius 1 is 1.17 bits per heavy atom. The Morgan fingerprint density at radius 2 is 2.06 bits per heavy atom. The predicted molar refractivity (Wildman–Crippen MR) is 60.0 cm³/mol. The van der Waals surface area contributed by atoms with Crippen LogP contribution in [0.3, 0.4) is 0 Å². The SMILES string of the molecule is Cc1ccc2c(c1)C(=O)c1nn3nnnc3nc1-2. The average molecular weight is 238 g/mol. The lowest BCUT2D eigenvalue weighted by molar-refractivity contribution is 0.103. The molecule has 0 bridgehead atoms. The topological polar surface area (TPSA) is 85.9 Å². The van der Waals surface area contributed by atoms with Crippen molar-refractivity contribution in [1.82, 2.24) is 30.2 Å². The second kappa shape index (κ2) is 2.95. The number of fused-ring (bicyclic) bond motifs is 4. The van der Waals surface area contributed by atoms with Crippen LogP contribution < -0.4 is 0 Å². The third kappa shape index (κ3) is 1.03. The molecule has 0 atom stereocenters. The molecule has 2 aromatic heterocycles. The molecule has 0 saturated heterocycles. The van der Waals surface area contributed by atoms with Crippen molar-refractivity contribution in [3.63, 3.8) is 0 Å². The molecule has 0 unspecified atom stereocenters. The van der Waals surface area contributed by atoms with Crippen LogP contribution in [0, 0.1) is 6.92 Å². The van der Waals surface area contributed by atoms with Crippen molar-refractivity contribution < 1.29 is 4.79 Å². The van der Waals surface area contributed by atoms with Crippen molar-refractivity contribution in [1.29, 1.82) is 0 Å². The number of aromatic nitrogens is 6. The van der Waals surface area contributed by atoms with E-state index in [4.69, 9.17) is 0 Å². The first kappa shape index (κ1) is 9.34. The van der Waals surface area contributed by atoms with Gasteiger partial charge in [0.25, 0.3) is 5.78 Å². The number of carbonyl (C=O) groups is 1. The second-order valence-corrected chi connectivity index (χ2v) is 4.16. The molecule has 0 radical (unpaired) electrons. The molecule has 18 heavy (non-hydrogen) atoms. The highest BCUT2D eigenvalue weighted by atomic mass is 16.1. The minimum absolute atomic E-state index is 0.131. The first-order chi connectivity index (χ1) is 8.74. The van der Waals surface area contributed by atoms with E-state index < -0.39 is 0 Å². The molecule has 4 rings (SSSR count). The van der Waals surface area contributed by atoms with Crippen LogP contribution in [0.15, 0.2) is 18.2 Å². The standard InChI is InChI=1S/C11H6N6O/c1-5-2-3-6-7(4-5)10(18)9-8(6)12-11-13-15-16-17(11)14-9/h2-4H,1H3.